The van der Waals surface area contributed by atoms with E-state index >= 15 is 0 Å². The van der Waals surface area contributed by atoms with Gasteiger partial charge in [0, 0.05) is 5.56 Å². The van der Waals surface area contributed by atoms with Gasteiger partial charge in [0.25, 0.3) is 0 Å². The van der Waals surface area contributed by atoms with Crippen molar-refractivity contribution >= 4 is 23.5 Å². The molecule has 2 aliphatic rings. The lowest BCUT2D eigenvalue weighted by Crippen LogP contribution is -2.12. The van der Waals surface area contributed by atoms with Crippen LogP contribution in [-0.4, -0.2) is 28.0 Å². The summed E-state index contributed by atoms with van der Waals surface area (Å²) in [4.78, 5) is 11.8. The van der Waals surface area contributed by atoms with Gasteiger partial charge in [-0.1, -0.05) is 12.1 Å². The van der Waals surface area contributed by atoms with Crippen LogP contribution in [0.2, 0.25) is 0 Å². The molecule has 6 heteroatoms. The molecule has 0 spiro atoms. The molecule has 4 rings (SSSR count). The maximum Gasteiger partial charge on any atom is 0.235 e. The molecule has 23 heavy (non-hydrogen) atoms. The van der Waals surface area contributed by atoms with Crippen molar-refractivity contribution in [3.05, 3.63) is 41.6 Å². The lowest BCUT2D eigenvalue weighted by atomic mass is 10.1. The van der Waals surface area contributed by atoms with Crippen LogP contribution in [0.3, 0.4) is 0 Å². The highest BCUT2D eigenvalue weighted by Crippen LogP contribution is 2.41. The molecule has 1 aliphatic heterocycles. The summed E-state index contributed by atoms with van der Waals surface area (Å²) in [6, 6.07) is 8.23. The number of amides is 1. The predicted octanol–water partition coefficient (Wildman–Crippen LogP) is 3.51. The number of aromatic amines is 1. The second-order valence-electron chi connectivity index (χ2n) is 6.04. The first-order valence-corrected chi connectivity index (χ1v) is 9.06. The first-order chi connectivity index (χ1) is 11.3. The summed E-state index contributed by atoms with van der Waals surface area (Å²) in [6.45, 7) is 0. The Morgan fingerprint density at radius 3 is 3.00 bits per heavy atom. The van der Waals surface area contributed by atoms with Gasteiger partial charge in [-0.15, -0.1) is 11.8 Å². The number of nitrogens with zero attached hydrogens (tertiary/aromatic N) is 1. The van der Waals surface area contributed by atoms with Gasteiger partial charge in [-0.3, -0.25) is 9.89 Å². The molecule has 1 aromatic heterocycles. The quantitative estimate of drug-likeness (QED) is 0.904. The molecule has 0 bridgehead atoms. The SMILES string of the molecule is O=C1CSC(c2cccc(OC3CCCC3)c2)c2cn[nH]c2N1. The first-order valence-electron chi connectivity index (χ1n) is 8.01. The fourth-order valence-electron chi connectivity index (χ4n) is 3.24. The van der Waals surface area contributed by atoms with E-state index in [2.05, 4.69) is 27.6 Å². The molecule has 1 saturated carbocycles. The Hall–Kier alpha value is -1.95. The van der Waals surface area contributed by atoms with Gasteiger partial charge < -0.3 is 10.1 Å². The second kappa shape index (κ2) is 6.28. The van der Waals surface area contributed by atoms with Crippen LogP contribution >= 0.6 is 11.8 Å². The molecule has 5 nitrogen and oxygen atoms in total. The van der Waals surface area contributed by atoms with Gasteiger partial charge >= 0.3 is 0 Å². The molecule has 120 valence electrons. The maximum atomic E-state index is 11.8. The Morgan fingerprint density at radius 2 is 2.13 bits per heavy atom. The summed E-state index contributed by atoms with van der Waals surface area (Å²) in [5, 5.41) is 9.90. The van der Waals surface area contributed by atoms with Crippen molar-refractivity contribution in [1.29, 1.82) is 0 Å². The molecule has 1 unspecified atom stereocenters. The van der Waals surface area contributed by atoms with Crippen molar-refractivity contribution < 1.29 is 9.53 Å². The van der Waals surface area contributed by atoms with E-state index in [1.165, 1.54) is 12.8 Å². The Morgan fingerprint density at radius 1 is 1.26 bits per heavy atom. The minimum Gasteiger partial charge on any atom is -0.490 e. The van der Waals surface area contributed by atoms with Gasteiger partial charge in [-0.2, -0.15) is 5.10 Å². The van der Waals surface area contributed by atoms with Gasteiger partial charge in [0.05, 0.1) is 23.3 Å². The van der Waals surface area contributed by atoms with Crippen molar-refractivity contribution in [1.82, 2.24) is 10.2 Å². The Bertz CT molecular complexity index is 709. The van der Waals surface area contributed by atoms with Crippen LogP contribution in [0.15, 0.2) is 30.5 Å². The Balaban J connectivity index is 1.61. The molecular weight excluding hydrogens is 310 g/mol. The fraction of sp³-hybridized carbons (Fsp3) is 0.412. The average Bonchev–Trinajstić information content (AvgIpc) is 3.18. The number of rotatable bonds is 3. The van der Waals surface area contributed by atoms with Gasteiger partial charge in [0.1, 0.15) is 11.6 Å². The summed E-state index contributed by atoms with van der Waals surface area (Å²) < 4.78 is 6.11. The molecule has 2 heterocycles. The van der Waals surface area contributed by atoms with Crippen molar-refractivity contribution in [3.63, 3.8) is 0 Å². The van der Waals surface area contributed by atoms with Gasteiger partial charge in [-0.25, -0.2) is 0 Å². The van der Waals surface area contributed by atoms with Crippen LogP contribution in [0, 0.1) is 0 Å². The summed E-state index contributed by atoms with van der Waals surface area (Å²) in [5.74, 6) is 2.05. The van der Waals surface area contributed by atoms with Crippen molar-refractivity contribution in [2.45, 2.75) is 37.0 Å². The lowest BCUT2D eigenvalue weighted by Gasteiger charge is -2.17. The van der Waals surface area contributed by atoms with Crippen LogP contribution in [0.1, 0.15) is 42.1 Å². The van der Waals surface area contributed by atoms with Crippen LogP contribution in [0.25, 0.3) is 0 Å². The first kappa shape index (κ1) is 14.6. The van der Waals surface area contributed by atoms with Crippen LogP contribution in [0.4, 0.5) is 5.82 Å². The highest BCUT2D eigenvalue weighted by molar-refractivity contribution is 8.00. The maximum absolute atomic E-state index is 11.8. The van der Waals surface area contributed by atoms with Crippen molar-refractivity contribution in [2.75, 3.05) is 11.1 Å². The van der Waals surface area contributed by atoms with Crippen LogP contribution < -0.4 is 10.1 Å². The third-order valence-electron chi connectivity index (χ3n) is 4.36. The number of hydrogen-bond donors (Lipinski definition) is 2. The Kier molecular flexibility index (Phi) is 3.99. The van der Waals surface area contributed by atoms with E-state index in [0.717, 1.165) is 29.7 Å². The second-order valence-corrected chi connectivity index (χ2v) is 7.13. The zero-order valence-corrected chi connectivity index (χ0v) is 13.6. The lowest BCUT2D eigenvalue weighted by molar-refractivity contribution is -0.113. The number of carbonyl (C=O) groups is 1. The summed E-state index contributed by atoms with van der Waals surface area (Å²) >= 11 is 1.62. The normalized spacial score (nSPS) is 21.6. The number of benzene rings is 1. The third kappa shape index (κ3) is 3.08. The molecular formula is C17H19N3O2S. The number of carbonyl (C=O) groups excluding carboxylic acids is 1. The van der Waals surface area contributed by atoms with Crippen molar-refractivity contribution in [3.8, 4) is 5.75 Å². The smallest absolute Gasteiger partial charge is 0.235 e. The zero-order chi connectivity index (χ0) is 15.6. The number of hydrogen-bond acceptors (Lipinski definition) is 4. The predicted molar refractivity (Wildman–Crippen MR) is 90.8 cm³/mol. The Labute approximate surface area is 139 Å². The number of nitrogens with one attached hydrogen (secondary N) is 2. The van der Waals surface area contributed by atoms with Crippen molar-refractivity contribution in [2.24, 2.45) is 0 Å². The van der Waals surface area contributed by atoms with Crippen LogP contribution in [-0.2, 0) is 4.79 Å². The monoisotopic (exact) mass is 329 g/mol. The molecule has 1 fully saturated rings. The summed E-state index contributed by atoms with van der Waals surface area (Å²) in [5.41, 5.74) is 2.16. The molecule has 1 aliphatic carbocycles. The largest absolute Gasteiger partial charge is 0.490 e. The van der Waals surface area contributed by atoms with Crippen LogP contribution in [0.5, 0.6) is 5.75 Å². The molecule has 1 atom stereocenters. The molecule has 2 N–H and O–H groups in total. The van der Waals surface area contributed by atoms with Gasteiger partial charge in [0.15, 0.2) is 0 Å². The van der Waals surface area contributed by atoms with E-state index in [1.54, 1.807) is 18.0 Å². The minimum atomic E-state index is 0.00126. The number of ether oxygens (including phenoxy) is 1. The van der Waals surface area contributed by atoms with E-state index in [0.29, 0.717) is 17.7 Å². The standard InChI is InChI=1S/C17H19N3O2S/c21-15-10-23-16(14-9-18-20-17(14)19-15)11-4-3-7-13(8-11)22-12-5-1-2-6-12/h3-4,7-9,12,16H,1-2,5-6,10H2,(H2,18,19,20,21). The number of thioether (sulfide) groups is 1. The third-order valence-corrected chi connectivity index (χ3v) is 5.65. The fourth-order valence-corrected chi connectivity index (χ4v) is 4.33. The number of aromatic nitrogens is 2. The molecule has 0 radical (unpaired) electrons. The van der Waals surface area contributed by atoms with Gasteiger partial charge in [0.2, 0.25) is 5.91 Å². The van der Waals surface area contributed by atoms with E-state index < -0.39 is 0 Å². The topological polar surface area (TPSA) is 67.0 Å². The van der Waals surface area contributed by atoms with E-state index in [1.807, 2.05) is 12.1 Å². The van der Waals surface area contributed by atoms with E-state index in [4.69, 9.17) is 4.74 Å². The molecule has 0 saturated heterocycles. The van der Waals surface area contributed by atoms with Gasteiger partial charge in [-0.05, 0) is 43.4 Å². The number of H-pyrrole nitrogens is 1. The average molecular weight is 329 g/mol. The highest BCUT2D eigenvalue weighted by Gasteiger charge is 2.26. The molecule has 1 amide bonds. The molecule has 1 aromatic carbocycles. The minimum absolute atomic E-state index is 0.00126. The number of anilines is 1. The highest BCUT2D eigenvalue weighted by atomic mass is 32.2. The molecule has 2 aromatic rings. The summed E-state index contributed by atoms with van der Waals surface area (Å²) in [6.07, 6.45) is 6.95. The zero-order valence-electron chi connectivity index (χ0n) is 12.7. The van der Waals surface area contributed by atoms with E-state index in [9.17, 15) is 4.79 Å². The number of fused-ring (bicyclic) bond motifs is 1. The van der Waals surface area contributed by atoms with E-state index in [-0.39, 0.29) is 11.2 Å². The summed E-state index contributed by atoms with van der Waals surface area (Å²) in [7, 11) is 0.